The maximum Gasteiger partial charge on any atom is 0.325 e. The fourth-order valence-corrected chi connectivity index (χ4v) is 3.61. The second-order valence-corrected chi connectivity index (χ2v) is 6.23. The van der Waals surface area contributed by atoms with Crippen molar-refractivity contribution in [3.8, 4) is 0 Å². The summed E-state index contributed by atoms with van der Waals surface area (Å²) in [5, 5.41) is 0. The normalized spacial score (nSPS) is 20.2. The maximum absolute atomic E-state index is 12.5. The van der Waals surface area contributed by atoms with Gasteiger partial charge in [-0.1, -0.05) is 38.5 Å². The summed E-state index contributed by atoms with van der Waals surface area (Å²) in [5.74, 6) is 0.572. The molecule has 4 heteroatoms. The van der Waals surface area contributed by atoms with Gasteiger partial charge >= 0.3 is 5.97 Å². The van der Waals surface area contributed by atoms with Crippen molar-refractivity contribution in [3.63, 3.8) is 0 Å². The molecule has 0 saturated heterocycles. The molecule has 0 aromatic rings. The second-order valence-electron chi connectivity index (χ2n) is 6.23. The number of esters is 1. The Labute approximate surface area is 121 Å². The summed E-state index contributed by atoms with van der Waals surface area (Å²) in [5.41, 5.74) is 0. The molecule has 0 bridgehead atoms. The Morgan fingerprint density at radius 2 is 1.65 bits per heavy atom. The third-order valence-corrected chi connectivity index (χ3v) is 4.85. The van der Waals surface area contributed by atoms with Crippen molar-refractivity contribution in [1.82, 2.24) is 4.90 Å². The van der Waals surface area contributed by atoms with Crippen molar-refractivity contribution >= 4 is 11.9 Å². The van der Waals surface area contributed by atoms with E-state index in [1.54, 1.807) is 4.90 Å². The molecule has 2 aliphatic carbocycles. The zero-order chi connectivity index (χ0) is 14.4. The summed E-state index contributed by atoms with van der Waals surface area (Å²) < 4.78 is 4.74. The molecule has 2 fully saturated rings. The minimum Gasteiger partial charge on any atom is -0.468 e. The van der Waals surface area contributed by atoms with Crippen LogP contribution in [0.15, 0.2) is 0 Å². The van der Waals surface area contributed by atoms with E-state index in [1.807, 2.05) is 0 Å². The molecule has 2 saturated carbocycles. The lowest BCUT2D eigenvalue weighted by atomic mass is 10.0. The topological polar surface area (TPSA) is 46.6 Å². The van der Waals surface area contributed by atoms with Crippen molar-refractivity contribution in [2.45, 2.75) is 70.3 Å². The number of nitrogens with zero attached hydrogens (tertiary/aromatic N) is 1. The molecule has 0 atom stereocenters. The van der Waals surface area contributed by atoms with E-state index in [0.717, 1.165) is 38.0 Å². The van der Waals surface area contributed by atoms with Crippen LogP contribution in [0.4, 0.5) is 0 Å². The molecule has 20 heavy (non-hydrogen) atoms. The van der Waals surface area contributed by atoms with Gasteiger partial charge in [-0.2, -0.15) is 0 Å². The number of hydrogen-bond acceptors (Lipinski definition) is 3. The summed E-state index contributed by atoms with van der Waals surface area (Å²) in [6, 6.07) is 0.255. The first-order valence-electron chi connectivity index (χ1n) is 8.07. The van der Waals surface area contributed by atoms with E-state index in [-0.39, 0.29) is 24.5 Å². The Kier molecular flexibility index (Phi) is 5.86. The highest BCUT2D eigenvalue weighted by Gasteiger charge is 2.29. The molecule has 0 heterocycles. The predicted molar refractivity (Wildman–Crippen MR) is 77.2 cm³/mol. The molecule has 0 aliphatic heterocycles. The smallest absolute Gasteiger partial charge is 0.325 e. The van der Waals surface area contributed by atoms with Gasteiger partial charge < -0.3 is 9.64 Å². The molecule has 1 amide bonds. The fourth-order valence-electron chi connectivity index (χ4n) is 3.61. The van der Waals surface area contributed by atoms with Gasteiger partial charge in [-0.15, -0.1) is 0 Å². The Hall–Kier alpha value is -1.06. The molecular formula is C16H27NO3. The SMILES string of the molecule is COC(=O)CN(C(=O)CCC1CCCC1)C1CCCC1. The molecule has 2 rings (SSSR count). The number of carbonyl (C=O) groups excluding carboxylic acids is 2. The number of hydrogen-bond donors (Lipinski definition) is 0. The van der Waals surface area contributed by atoms with Crippen LogP contribution in [-0.2, 0) is 14.3 Å². The predicted octanol–water partition coefficient (Wildman–Crippen LogP) is 2.90. The Bertz CT molecular complexity index is 331. The van der Waals surface area contributed by atoms with Crippen LogP contribution < -0.4 is 0 Å². The highest BCUT2D eigenvalue weighted by molar-refractivity contribution is 5.82. The van der Waals surface area contributed by atoms with Crippen molar-refractivity contribution in [2.24, 2.45) is 5.92 Å². The summed E-state index contributed by atoms with van der Waals surface area (Å²) in [6.07, 6.45) is 11.2. The molecule has 0 spiro atoms. The largest absolute Gasteiger partial charge is 0.468 e. The summed E-state index contributed by atoms with van der Waals surface area (Å²) in [7, 11) is 1.39. The van der Waals surface area contributed by atoms with E-state index < -0.39 is 0 Å². The molecule has 4 nitrogen and oxygen atoms in total. The van der Waals surface area contributed by atoms with Gasteiger partial charge in [0.15, 0.2) is 0 Å². The second kappa shape index (κ2) is 7.65. The fraction of sp³-hybridized carbons (Fsp3) is 0.875. The van der Waals surface area contributed by atoms with E-state index in [2.05, 4.69) is 0 Å². The third-order valence-electron chi connectivity index (χ3n) is 4.85. The van der Waals surface area contributed by atoms with E-state index in [9.17, 15) is 9.59 Å². The van der Waals surface area contributed by atoms with Crippen LogP contribution in [0.3, 0.4) is 0 Å². The third kappa shape index (κ3) is 4.22. The highest BCUT2D eigenvalue weighted by atomic mass is 16.5. The zero-order valence-corrected chi connectivity index (χ0v) is 12.6. The molecule has 114 valence electrons. The van der Waals surface area contributed by atoms with Gasteiger partial charge in [0.2, 0.25) is 5.91 Å². The van der Waals surface area contributed by atoms with Crippen molar-refractivity contribution in [3.05, 3.63) is 0 Å². The van der Waals surface area contributed by atoms with Crippen LogP contribution in [0.5, 0.6) is 0 Å². The van der Waals surface area contributed by atoms with Crippen molar-refractivity contribution in [1.29, 1.82) is 0 Å². The monoisotopic (exact) mass is 281 g/mol. The van der Waals surface area contributed by atoms with Gasteiger partial charge in [-0.25, -0.2) is 0 Å². The molecule has 0 N–H and O–H groups in total. The summed E-state index contributed by atoms with van der Waals surface area (Å²) >= 11 is 0. The van der Waals surface area contributed by atoms with Gasteiger partial charge in [0, 0.05) is 12.5 Å². The van der Waals surface area contributed by atoms with Gasteiger partial charge in [0.25, 0.3) is 0 Å². The number of ether oxygens (including phenoxy) is 1. The zero-order valence-electron chi connectivity index (χ0n) is 12.6. The van der Waals surface area contributed by atoms with Crippen LogP contribution >= 0.6 is 0 Å². The quantitative estimate of drug-likeness (QED) is 0.703. The van der Waals surface area contributed by atoms with Crippen LogP contribution in [0.1, 0.15) is 64.2 Å². The summed E-state index contributed by atoms with van der Waals surface area (Å²) in [4.78, 5) is 25.8. The van der Waals surface area contributed by atoms with Gasteiger partial charge in [-0.3, -0.25) is 9.59 Å². The van der Waals surface area contributed by atoms with Gasteiger partial charge in [-0.05, 0) is 25.2 Å². The minimum absolute atomic E-state index is 0.130. The first-order valence-corrected chi connectivity index (χ1v) is 8.07. The molecule has 0 radical (unpaired) electrons. The number of methoxy groups -OCH3 is 1. The first kappa shape index (κ1) is 15.3. The van der Waals surface area contributed by atoms with Gasteiger partial charge in [0.05, 0.1) is 7.11 Å². The number of rotatable bonds is 6. The van der Waals surface area contributed by atoms with Crippen LogP contribution in [0.2, 0.25) is 0 Å². The lowest BCUT2D eigenvalue weighted by Gasteiger charge is -2.28. The lowest BCUT2D eigenvalue weighted by molar-refractivity contribution is -0.148. The maximum atomic E-state index is 12.5. The standard InChI is InChI=1S/C16H27NO3/c1-20-16(19)12-17(14-8-4-5-9-14)15(18)11-10-13-6-2-3-7-13/h13-14H,2-12H2,1H3. The Morgan fingerprint density at radius 3 is 2.25 bits per heavy atom. The molecule has 0 aromatic heterocycles. The molecule has 2 aliphatic rings. The van der Waals surface area contributed by atoms with E-state index >= 15 is 0 Å². The molecule has 0 aromatic carbocycles. The lowest BCUT2D eigenvalue weighted by Crippen LogP contribution is -2.42. The average Bonchev–Trinajstić information content (AvgIpc) is 3.14. The first-order chi connectivity index (χ1) is 9.70. The van der Waals surface area contributed by atoms with E-state index in [4.69, 9.17) is 4.74 Å². The Morgan fingerprint density at radius 1 is 1.05 bits per heavy atom. The molecule has 0 unspecified atom stereocenters. The number of carbonyl (C=O) groups is 2. The Balaban J connectivity index is 1.86. The van der Waals surface area contributed by atoms with Crippen molar-refractivity contribution in [2.75, 3.05) is 13.7 Å². The van der Waals surface area contributed by atoms with E-state index in [0.29, 0.717) is 6.42 Å². The molecular weight excluding hydrogens is 254 g/mol. The average molecular weight is 281 g/mol. The highest BCUT2D eigenvalue weighted by Crippen LogP contribution is 2.30. The van der Waals surface area contributed by atoms with Crippen LogP contribution in [0, 0.1) is 5.92 Å². The van der Waals surface area contributed by atoms with E-state index in [1.165, 1.54) is 32.8 Å². The van der Waals surface area contributed by atoms with Crippen molar-refractivity contribution < 1.29 is 14.3 Å². The van der Waals surface area contributed by atoms with Crippen LogP contribution in [0.25, 0.3) is 0 Å². The van der Waals surface area contributed by atoms with Gasteiger partial charge in [0.1, 0.15) is 6.54 Å². The van der Waals surface area contributed by atoms with Crippen LogP contribution in [-0.4, -0.2) is 36.5 Å². The summed E-state index contributed by atoms with van der Waals surface area (Å²) in [6.45, 7) is 0.130. The minimum atomic E-state index is -0.300. The number of amides is 1.